The Morgan fingerprint density at radius 1 is 1.18 bits per heavy atom. The maximum atomic E-state index is 14.8. The molecule has 4 aromatic rings. The van der Waals surface area contributed by atoms with Crippen LogP contribution in [-0.2, 0) is 6.54 Å². The Kier molecular flexibility index (Phi) is 4.75. The zero-order chi connectivity index (χ0) is 19.7. The Bertz CT molecular complexity index is 1180. The van der Waals surface area contributed by atoms with Crippen LogP contribution >= 0.6 is 11.6 Å². The molecule has 0 aliphatic rings. The van der Waals surface area contributed by atoms with Crippen LogP contribution in [0.15, 0.2) is 48.8 Å². The summed E-state index contributed by atoms with van der Waals surface area (Å²) < 4.78 is 21.6. The summed E-state index contributed by atoms with van der Waals surface area (Å²) in [6, 6.07) is 12.7. The first-order chi connectivity index (χ1) is 13.6. The third-order valence-electron chi connectivity index (χ3n) is 4.29. The van der Waals surface area contributed by atoms with Crippen LogP contribution in [-0.4, -0.2) is 32.9 Å². The van der Waals surface area contributed by atoms with Crippen LogP contribution in [0.4, 0.5) is 4.39 Å². The zero-order valence-corrected chi connectivity index (χ0v) is 15.5. The molecule has 0 spiro atoms. The van der Waals surface area contributed by atoms with Gasteiger partial charge in [0.15, 0.2) is 29.3 Å². The Balaban J connectivity index is 1.89. The number of imidazole rings is 1. The second-order valence-corrected chi connectivity index (χ2v) is 6.43. The maximum Gasteiger partial charge on any atom is 0.177 e. The highest BCUT2D eigenvalue weighted by Crippen LogP contribution is 2.34. The number of methoxy groups -OCH3 is 1. The first-order valence-corrected chi connectivity index (χ1v) is 8.74. The van der Waals surface area contributed by atoms with E-state index in [4.69, 9.17) is 16.3 Å². The summed E-state index contributed by atoms with van der Waals surface area (Å²) in [4.78, 5) is 24.5. The number of rotatable bonds is 5. The summed E-state index contributed by atoms with van der Waals surface area (Å²) in [5.74, 6) is -0.745. The average Bonchev–Trinajstić information content (AvgIpc) is 3.11. The maximum absolute atomic E-state index is 14.8. The van der Waals surface area contributed by atoms with Gasteiger partial charge in [-0.1, -0.05) is 41.9 Å². The number of hydrogen-bond donors (Lipinski definition) is 0. The topological polar surface area (TPSA) is 69.9 Å². The molecule has 0 N–H and O–H groups in total. The predicted molar refractivity (Wildman–Crippen MR) is 103 cm³/mol. The number of benzene rings is 2. The van der Waals surface area contributed by atoms with E-state index in [9.17, 15) is 9.18 Å². The monoisotopic (exact) mass is 396 g/mol. The van der Waals surface area contributed by atoms with Gasteiger partial charge in [0.1, 0.15) is 11.2 Å². The van der Waals surface area contributed by atoms with Crippen molar-refractivity contribution in [2.45, 2.75) is 6.54 Å². The molecular weight excluding hydrogens is 383 g/mol. The standard InChI is InChI=1S/C20H14ClFN4O2/c1-28-18-14(21)8-7-13(16(18)22)19-24-15(10-27)17-20(25-19)26(11-23-17)9-12-5-3-2-4-6-12/h2-8,10-11H,9H2,1H3. The summed E-state index contributed by atoms with van der Waals surface area (Å²) in [6.45, 7) is 0.499. The average molecular weight is 397 g/mol. The van der Waals surface area contributed by atoms with Crippen LogP contribution in [0.5, 0.6) is 5.75 Å². The lowest BCUT2D eigenvalue weighted by Gasteiger charge is -2.10. The molecule has 0 radical (unpaired) electrons. The van der Waals surface area contributed by atoms with Gasteiger partial charge in [0.2, 0.25) is 0 Å². The Hall–Kier alpha value is -3.32. The van der Waals surface area contributed by atoms with Gasteiger partial charge in [-0.15, -0.1) is 0 Å². The van der Waals surface area contributed by atoms with Crippen molar-refractivity contribution in [3.05, 3.63) is 70.9 Å². The van der Waals surface area contributed by atoms with Crippen molar-refractivity contribution in [1.29, 1.82) is 0 Å². The SMILES string of the molecule is COc1c(Cl)ccc(-c2nc(C=O)c3ncn(Cc4ccccc4)c3n2)c1F. The molecule has 2 heterocycles. The molecule has 28 heavy (non-hydrogen) atoms. The fraction of sp³-hybridized carbons (Fsp3) is 0.100. The smallest absolute Gasteiger partial charge is 0.177 e. The van der Waals surface area contributed by atoms with Crippen LogP contribution in [0, 0.1) is 5.82 Å². The summed E-state index contributed by atoms with van der Waals surface area (Å²) in [6.07, 6.45) is 2.17. The zero-order valence-electron chi connectivity index (χ0n) is 14.8. The number of halogens is 2. The summed E-state index contributed by atoms with van der Waals surface area (Å²) >= 11 is 5.96. The van der Waals surface area contributed by atoms with Gasteiger partial charge in [-0.3, -0.25) is 4.79 Å². The molecule has 6 nitrogen and oxygen atoms in total. The van der Waals surface area contributed by atoms with Gasteiger partial charge in [-0.2, -0.15) is 0 Å². The lowest BCUT2D eigenvalue weighted by molar-refractivity contribution is 0.112. The molecule has 2 aromatic heterocycles. The molecule has 0 unspecified atom stereocenters. The van der Waals surface area contributed by atoms with E-state index in [-0.39, 0.29) is 27.9 Å². The summed E-state index contributed by atoms with van der Waals surface area (Å²) in [5, 5.41) is 0.134. The lowest BCUT2D eigenvalue weighted by Crippen LogP contribution is -2.04. The minimum atomic E-state index is -0.694. The van der Waals surface area contributed by atoms with E-state index in [2.05, 4.69) is 15.0 Å². The molecule has 140 valence electrons. The Morgan fingerprint density at radius 2 is 1.96 bits per heavy atom. The molecular formula is C20H14ClFN4O2. The van der Waals surface area contributed by atoms with Crippen LogP contribution in [0.2, 0.25) is 5.02 Å². The molecule has 0 saturated carbocycles. The largest absolute Gasteiger partial charge is 0.492 e. The number of carbonyl (C=O) groups excluding carboxylic acids is 1. The van der Waals surface area contributed by atoms with E-state index >= 15 is 0 Å². The molecule has 0 fully saturated rings. The number of carbonyl (C=O) groups is 1. The van der Waals surface area contributed by atoms with E-state index < -0.39 is 5.82 Å². The van der Waals surface area contributed by atoms with E-state index in [1.165, 1.54) is 19.2 Å². The lowest BCUT2D eigenvalue weighted by atomic mass is 10.1. The van der Waals surface area contributed by atoms with Crippen LogP contribution in [0.3, 0.4) is 0 Å². The summed E-state index contributed by atoms with van der Waals surface area (Å²) in [5.41, 5.74) is 1.99. The molecule has 0 bridgehead atoms. The van der Waals surface area contributed by atoms with Crippen molar-refractivity contribution in [2.24, 2.45) is 0 Å². The molecule has 0 aliphatic heterocycles. The van der Waals surface area contributed by atoms with Gasteiger partial charge in [-0.05, 0) is 17.7 Å². The van der Waals surface area contributed by atoms with E-state index in [0.29, 0.717) is 24.0 Å². The first kappa shape index (κ1) is 18.1. The molecule has 0 aliphatic carbocycles. The van der Waals surface area contributed by atoms with Crippen molar-refractivity contribution in [1.82, 2.24) is 19.5 Å². The highest BCUT2D eigenvalue weighted by molar-refractivity contribution is 6.32. The predicted octanol–water partition coefficient (Wildman–Crippen LogP) is 4.16. The van der Waals surface area contributed by atoms with E-state index in [0.717, 1.165) is 5.56 Å². The summed E-state index contributed by atoms with van der Waals surface area (Å²) in [7, 11) is 1.32. The number of hydrogen-bond acceptors (Lipinski definition) is 5. The van der Waals surface area contributed by atoms with E-state index in [1.54, 1.807) is 10.9 Å². The highest BCUT2D eigenvalue weighted by Gasteiger charge is 2.20. The minimum absolute atomic E-state index is 0.0527. The van der Waals surface area contributed by atoms with Crippen LogP contribution in [0.1, 0.15) is 16.1 Å². The van der Waals surface area contributed by atoms with Crippen molar-refractivity contribution in [2.75, 3.05) is 7.11 Å². The molecule has 0 atom stereocenters. The van der Waals surface area contributed by atoms with Gasteiger partial charge in [0.05, 0.1) is 30.6 Å². The fourth-order valence-electron chi connectivity index (χ4n) is 2.96. The molecule has 0 saturated heterocycles. The Labute approximate surface area is 164 Å². The molecule has 4 rings (SSSR count). The molecule has 2 aromatic carbocycles. The fourth-order valence-corrected chi connectivity index (χ4v) is 3.18. The van der Waals surface area contributed by atoms with Gasteiger partial charge in [-0.25, -0.2) is 19.3 Å². The third kappa shape index (κ3) is 3.10. The minimum Gasteiger partial charge on any atom is -0.492 e. The number of ether oxygens (including phenoxy) is 1. The van der Waals surface area contributed by atoms with Crippen molar-refractivity contribution < 1.29 is 13.9 Å². The third-order valence-corrected chi connectivity index (χ3v) is 4.59. The molecule has 0 amide bonds. The Morgan fingerprint density at radius 3 is 2.68 bits per heavy atom. The quantitative estimate of drug-likeness (QED) is 0.474. The van der Waals surface area contributed by atoms with E-state index in [1.807, 2.05) is 30.3 Å². The molecule has 8 heteroatoms. The second kappa shape index (κ2) is 7.36. The van der Waals surface area contributed by atoms with Crippen molar-refractivity contribution in [3.8, 4) is 17.1 Å². The second-order valence-electron chi connectivity index (χ2n) is 6.02. The number of aldehydes is 1. The number of aromatic nitrogens is 4. The van der Waals surface area contributed by atoms with Gasteiger partial charge < -0.3 is 9.30 Å². The number of nitrogens with zero attached hydrogens (tertiary/aromatic N) is 4. The van der Waals surface area contributed by atoms with Crippen LogP contribution < -0.4 is 4.74 Å². The van der Waals surface area contributed by atoms with Gasteiger partial charge >= 0.3 is 0 Å². The number of fused-ring (bicyclic) bond motifs is 1. The van der Waals surface area contributed by atoms with Crippen molar-refractivity contribution >= 4 is 29.1 Å². The van der Waals surface area contributed by atoms with Crippen molar-refractivity contribution in [3.63, 3.8) is 0 Å². The highest BCUT2D eigenvalue weighted by atomic mass is 35.5. The normalized spacial score (nSPS) is 11.0. The first-order valence-electron chi connectivity index (χ1n) is 8.36. The van der Waals surface area contributed by atoms with Crippen LogP contribution in [0.25, 0.3) is 22.6 Å². The van der Waals surface area contributed by atoms with Gasteiger partial charge in [0.25, 0.3) is 0 Å². The van der Waals surface area contributed by atoms with Gasteiger partial charge in [0, 0.05) is 0 Å².